The summed E-state index contributed by atoms with van der Waals surface area (Å²) >= 11 is 1.69. The second-order valence-corrected chi connectivity index (χ2v) is 6.97. The first-order valence-electron chi connectivity index (χ1n) is 8.25. The lowest BCUT2D eigenvalue weighted by molar-refractivity contribution is 0.463. The Kier molecular flexibility index (Phi) is 5.57. The monoisotopic (exact) mass is 318 g/mol. The molecule has 1 heterocycles. The van der Waals surface area contributed by atoms with E-state index >= 15 is 0 Å². The van der Waals surface area contributed by atoms with Gasteiger partial charge in [-0.3, -0.25) is 0 Å². The molecule has 0 bridgehead atoms. The molecule has 2 aromatic rings. The molecule has 0 unspecified atom stereocenters. The highest BCUT2D eigenvalue weighted by Crippen LogP contribution is 2.22. The molecule has 3 rings (SSSR count). The van der Waals surface area contributed by atoms with Gasteiger partial charge in [-0.05, 0) is 37.1 Å². The molecule has 0 spiro atoms. The highest BCUT2D eigenvalue weighted by Gasteiger charge is 2.11. The van der Waals surface area contributed by atoms with Crippen molar-refractivity contribution < 1.29 is 4.39 Å². The first-order chi connectivity index (χ1) is 10.8. The normalized spacial score (nSPS) is 16.6. The van der Waals surface area contributed by atoms with Crippen molar-refractivity contribution in [2.45, 2.75) is 51.0 Å². The minimum Gasteiger partial charge on any atom is -0.314 e. The maximum absolute atomic E-state index is 13.0. The lowest BCUT2D eigenvalue weighted by atomic mass is 10.1. The summed E-state index contributed by atoms with van der Waals surface area (Å²) in [5.74, 6) is -0.202. The Morgan fingerprint density at radius 1 is 1.09 bits per heavy atom. The van der Waals surface area contributed by atoms with Crippen LogP contribution in [0.1, 0.15) is 43.5 Å². The van der Waals surface area contributed by atoms with Gasteiger partial charge >= 0.3 is 0 Å². The lowest BCUT2D eigenvalue weighted by Gasteiger charge is -2.15. The Bertz CT molecular complexity index is 571. The predicted molar refractivity (Wildman–Crippen MR) is 90.7 cm³/mol. The molecule has 1 fully saturated rings. The zero-order chi connectivity index (χ0) is 15.2. The highest BCUT2D eigenvalue weighted by atomic mass is 32.1. The van der Waals surface area contributed by atoms with Gasteiger partial charge in [0.2, 0.25) is 0 Å². The number of nitrogens with zero attached hydrogens (tertiary/aromatic N) is 1. The molecule has 118 valence electrons. The summed E-state index contributed by atoms with van der Waals surface area (Å²) in [6.07, 6.45) is 9.13. The van der Waals surface area contributed by atoms with E-state index in [0.29, 0.717) is 6.04 Å². The smallest absolute Gasteiger partial charge is 0.123 e. The third-order valence-electron chi connectivity index (χ3n) is 4.32. The van der Waals surface area contributed by atoms with E-state index in [1.807, 2.05) is 0 Å². The molecule has 1 aliphatic carbocycles. The average molecular weight is 318 g/mol. The molecule has 1 aromatic carbocycles. The van der Waals surface area contributed by atoms with Gasteiger partial charge in [-0.15, -0.1) is 11.3 Å². The Morgan fingerprint density at radius 2 is 1.82 bits per heavy atom. The first-order valence-corrected chi connectivity index (χ1v) is 9.13. The number of benzene rings is 1. The van der Waals surface area contributed by atoms with E-state index in [1.54, 1.807) is 23.5 Å². The van der Waals surface area contributed by atoms with Crippen molar-refractivity contribution in [2.75, 3.05) is 6.54 Å². The van der Waals surface area contributed by atoms with Gasteiger partial charge < -0.3 is 5.32 Å². The molecule has 0 aliphatic heterocycles. The molecule has 2 nitrogen and oxygen atoms in total. The Morgan fingerprint density at radius 3 is 2.55 bits per heavy atom. The quantitative estimate of drug-likeness (QED) is 0.801. The van der Waals surface area contributed by atoms with Crippen molar-refractivity contribution in [1.82, 2.24) is 10.3 Å². The number of hydrogen-bond acceptors (Lipinski definition) is 3. The number of thiazole rings is 1. The molecule has 1 saturated carbocycles. The van der Waals surface area contributed by atoms with E-state index in [-0.39, 0.29) is 5.82 Å². The second-order valence-electron chi connectivity index (χ2n) is 6.03. The van der Waals surface area contributed by atoms with Gasteiger partial charge in [0.1, 0.15) is 5.82 Å². The average Bonchev–Trinajstić information content (AvgIpc) is 2.84. The van der Waals surface area contributed by atoms with Gasteiger partial charge in [0, 0.05) is 30.0 Å². The molecular weight excluding hydrogens is 295 g/mol. The minimum absolute atomic E-state index is 0.202. The zero-order valence-corrected chi connectivity index (χ0v) is 13.7. The first kappa shape index (κ1) is 15.6. The number of rotatable bonds is 5. The zero-order valence-electron chi connectivity index (χ0n) is 12.9. The van der Waals surface area contributed by atoms with Crippen LogP contribution in [-0.4, -0.2) is 17.6 Å². The van der Waals surface area contributed by atoms with Crippen LogP contribution in [0.3, 0.4) is 0 Å². The fraction of sp³-hybridized carbons (Fsp3) is 0.500. The summed E-state index contributed by atoms with van der Waals surface area (Å²) in [6, 6.07) is 7.25. The van der Waals surface area contributed by atoms with Gasteiger partial charge in [0.05, 0.1) is 10.7 Å². The topological polar surface area (TPSA) is 24.9 Å². The van der Waals surface area contributed by atoms with Gasteiger partial charge in [-0.2, -0.15) is 0 Å². The van der Waals surface area contributed by atoms with Crippen molar-refractivity contribution in [1.29, 1.82) is 0 Å². The third kappa shape index (κ3) is 4.37. The molecule has 1 aliphatic rings. The Labute approximate surface area is 135 Å². The standard InChI is InChI=1S/C18H23FN2S/c19-15-9-7-14(8-10-15)17-13-22-18(21-17)11-12-20-16-5-3-1-2-4-6-16/h7-10,13,16,20H,1-6,11-12H2. The van der Waals surface area contributed by atoms with Gasteiger partial charge in [0.15, 0.2) is 0 Å². The molecule has 0 amide bonds. The molecule has 1 aromatic heterocycles. The maximum atomic E-state index is 13.0. The second kappa shape index (κ2) is 7.84. The van der Waals surface area contributed by atoms with Crippen molar-refractivity contribution in [3.63, 3.8) is 0 Å². The summed E-state index contributed by atoms with van der Waals surface area (Å²) in [5.41, 5.74) is 1.94. The van der Waals surface area contributed by atoms with Crippen molar-refractivity contribution in [3.8, 4) is 11.3 Å². The van der Waals surface area contributed by atoms with Crippen LogP contribution in [0.15, 0.2) is 29.6 Å². The fourth-order valence-electron chi connectivity index (χ4n) is 3.05. The summed E-state index contributed by atoms with van der Waals surface area (Å²) in [4.78, 5) is 4.67. The van der Waals surface area contributed by atoms with E-state index < -0.39 is 0 Å². The maximum Gasteiger partial charge on any atom is 0.123 e. The van der Waals surface area contributed by atoms with Crippen LogP contribution < -0.4 is 5.32 Å². The SMILES string of the molecule is Fc1ccc(-c2csc(CCNC3CCCCCC3)n2)cc1. The van der Waals surface area contributed by atoms with Crippen molar-refractivity contribution in [2.24, 2.45) is 0 Å². The van der Waals surface area contributed by atoms with Gasteiger partial charge in [0.25, 0.3) is 0 Å². The number of halogens is 1. The summed E-state index contributed by atoms with van der Waals surface area (Å²) in [7, 11) is 0. The number of hydrogen-bond donors (Lipinski definition) is 1. The van der Waals surface area contributed by atoms with E-state index in [1.165, 1.54) is 50.7 Å². The minimum atomic E-state index is -0.202. The molecule has 0 atom stereocenters. The van der Waals surface area contributed by atoms with Crippen molar-refractivity contribution in [3.05, 3.63) is 40.5 Å². The van der Waals surface area contributed by atoms with Gasteiger partial charge in [-0.25, -0.2) is 9.37 Å². The van der Waals surface area contributed by atoms with E-state index in [0.717, 1.165) is 29.2 Å². The summed E-state index contributed by atoms with van der Waals surface area (Å²) in [5, 5.41) is 6.90. The summed E-state index contributed by atoms with van der Waals surface area (Å²) < 4.78 is 13.0. The van der Waals surface area contributed by atoms with Crippen LogP contribution in [-0.2, 0) is 6.42 Å². The highest BCUT2D eigenvalue weighted by molar-refractivity contribution is 7.09. The number of nitrogens with one attached hydrogen (secondary N) is 1. The van der Waals surface area contributed by atoms with Crippen LogP contribution in [0.25, 0.3) is 11.3 Å². The van der Waals surface area contributed by atoms with Crippen LogP contribution in [0.2, 0.25) is 0 Å². The lowest BCUT2D eigenvalue weighted by Crippen LogP contribution is -2.30. The van der Waals surface area contributed by atoms with E-state index in [2.05, 4.69) is 15.7 Å². The Hall–Kier alpha value is -1.26. The van der Waals surface area contributed by atoms with Crippen LogP contribution >= 0.6 is 11.3 Å². The molecule has 4 heteroatoms. The summed E-state index contributed by atoms with van der Waals surface area (Å²) in [6.45, 7) is 1.00. The largest absolute Gasteiger partial charge is 0.314 e. The molecule has 0 saturated heterocycles. The van der Waals surface area contributed by atoms with Crippen LogP contribution in [0, 0.1) is 5.82 Å². The van der Waals surface area contributed by atoms with Crippen LogP contribution in [0.5, 0.6) is 0 Å². The predicted octanol–water partition coefficient (Wildman–Crippen LogP) is 4.80. The molecule has 0 radical (unpaired) electrons. The molecule has 1 N–H and O–H groups in total. The molecular formula is C18H23FN2S. The molecule has 22 heavy (non-hydrogen) atoms. The van der Waals surface area contributed by atoms with E-state index in [9.17, 15) is 4.39 Å². The third-order valence-corrected chi connectivity index (χ3v) is 5.23. The van der Waals surface area contributed by atoms with Gasteiger partial charge in [-0.1, -0.05) is 25.7 Å². The Balaban J connectivity index is 1.50. The van der Waals surface area contributed by atoms with E-state index in [4.69, 9.17) is 0 Å². The van der Waals surface area contributed by atoms with Crippen LogP contribution in [0.4, 0.5) is 4.39 Å². The fourth-order valence-corrected chi connectivity index (χ4v) is 3.85. The number of aromatic nitrogens is 1. The van der Waals surface area contributed by atoms with Crippen molar-refractivity contribution >= 4 is 11.3 Å².